The molecule has 0 aromatic carbocycles. The van der Waals surface area contributed by atoms with Crippen molar-refractivity contribution in [3.63, 3.8) is 0 Å². The Balaban J connectivity index is 2.56. The molecule has 1 N–H and O–H groups in total. The van der Waals surface area contributed by atoms with Gasteiger partial charge in [0.05, 0.1) is 6.20 Å². The fraction of sp³-hybridized carbons (Fsp3) is 0.769. The zero-order chi connectivity index (χ0) is 12.0. The van der Waals surface area contributed by atoms with Gasteiger partial charge < -0.3 is 5.32 Å². The Bertz CT molecular complexity index is 293. The van der Waals surface area contributed by atoms with E-state index < -0.39 is 0 Å². The summed E-state index contributed by atoms with van der Waals surface area (Å²) in [5.74, 6) is 0.727. The molecular weight excluding hydrogens is 198 g/mol. The van der Waals surface area contributed by atoms with Gasteiger partial charge in [-0.3, -0.25) is 4.68 Å². The molecule has 3 heteroatoms. The lowest BCUT2D eigenvalue weighted by molar-refractivity contribution is 0.358. The van der Waals surface area contributed by atoms with Crippen LogP contribution in [0.2, 0.25) is 0 Å². The first-order valence-electron chi connectivity index (χ1n) is 6.38. The third-order valence-electron chi connectivity index (χ3n) is 3.11. The number of likely N-dealkylation sites (N-methyl/N-ethyl adjacent to an activating group) is 1. The van der Waals surface area contributed by atoms with Crippen molar-refractivity contribution in [2.24, 2.45) is 13.0 Å². The molecule has 0 spiro atoms. The van der Waals surface area contributed by atoms with Crippen LogP contribution in [-0.2, 0) is 13.5 Å². The maximum atomic E-state index is 4.22. The number of nitrogens with one attached hydrogen (secondary N) is 1. The van der Waals surface area contributed by atoms with E-state index in [0.29, 0.717) is 6.04 Å². The maximum absolute atomic E-state index is 4.22. The first kappa shape index (κ1) is 13.2. The summed E-state index contributed by atoms with van der Waals surface area (Å²) in [4.78, 5) is 0. The quantitative estimate of drug-likeness (QED) is 0.769. The average molecular weight is 223 g/mol. The van der Waals surface area contributed by atoms with Gasteiger partial charge in [0.1, 0.15) is 0 Å². The van der Waals surface area contributed by atoms with Gasteiger partial charge in [0.25, 0.3) is 0 Å². The number of hydrogen-bond donors (Lipinski definition) is 1. The lowest BCUT2D eigenvalue weighted by atomic mass is 9.92. The van der Waals surface area contributed by atoms with E-state index in [2.05, 4.69) is 37.4 Å². The molecule has 0 radical (unpaired) electrons. The van der Waals surface area contributed by atoms with Crippen molar-refractivity contribution >= 4 is 0 Å². The van der Waals surface area contributed by atoms with Crippen LogP contribution in [0.25, 0.3) is 0 Å². The molecule has 0 aliphatic carbocycles. The second kappa shape index (κ2) is 6.69. The second-order valence-corrected chi connectivity index (χ2v) is 4.66. The van der Waals surface area contributed by atoms with Gasteiger partial charge in [-0.25, -0.2) is 0 Å². The van der Waals surface area contributed by atoms with Crippen LogP contribution in [0.5, 0.6) is 0 Å². The monoisotopic (exact) mass is 223 g/mol. The summed E-state index contributed by atoms with van der Waals surface area (Å²) in [7, 11) is 1.97. The summed E-state index contributed by atoms with van der Waals surface area (Å²) < 4.78 is 1.88. The molecule has 0 aliphatic heterocycles. The summed E-state index contributed by atoms with van der Waals surface area (Å²) in [5.41, 5.74) is 1.33. The summed E-state index contributed by atoms with van der Waals surface area (Å²) in [6, 6.07) is 0.578. The molecular formula is C13H25N3. The summed E-state index contributed by atoms with van der Waals surface area (Å²) >= 11 is 0. The molecule has 0 fully saturated rings. The Morgan fingerprint density at radius 1 is 1.44 bits per heavy atom. The van der Waals surface area contributed by atoms with Gasteiger partial charge in [-0.2, -0.15) is 5.10 Å². The molecule has 0 aliphatic rings. The van der Waals surface area contributed by atoms with Gasteiger partial charge in [0.2, 0.25) is 0 Å². The van der Waals surface area contributed by atoms with Gasteiger partial charge >= 0.3 is 0 Å². The Morgan fingerprint density at radius 3 is 2.69 bits per heavy atom. The highest BCUT2D eigenvalue weighted by molar-refractivity contribution is 5.06. The van der Waals surface area contributed by atoms with Crippen molar-refractivity contribution in [1.29, 1.82) is 0 Å². The predicted octanol–water partition coefficient (Wildman–Crippen LogP) is 2.38. The number of aromatic nitrogens is 2. The zero-order valence-electron chi connectivity index (χ0n) is 11.0. The van der Waals surface area contributed by atoms with Crippen molar-refractivity contribution in [2.75, 3.05) is 6.54 Å². The summed E-state index contributed by atoms with van der Waals surface area (Å²) in [6.07, 6.45) is 7.73. The molecule has 0 saturated heterocycles. The molecule has 1 aromatic rings. The third kappa shape index (κ3) is 3.97. The van der Waals surface area contributed by atoms with Crippen molar-refractivity contribution < 1.29 is 0 Å². The number of aryl methyl sites for hydroxylation is 1. The van der Waals surface area contributed by atoms with E-state index in [9.17, 15) is 0 Å². The van der Waals surface area contributed by atoms with E-state index in [4.69, 9.17) is 0 Å². The summed E-state index contributed by atoms with van der Waals surface area (Å²) in [6.45, 7) is 7.81. The van der Waals surface area contributed by atoms with Crippen LogP contribution in [-0.4, -0.2) is 22.4 Å². The Kier molecular flexibility index (Phi) is 5.53. The highest BCUT2D eigenvalue weighted by atomic mass is 15.2. The molecule has 2 unspecified atom stereocenters. The maximum Gasteiger partial charge on any atom is 0.0522 e. The summed E-state index contributed by atoms with van der Waals surface area (Å²) in [5, 5.41) is 7.81. The lowest BCUT2D eigenvalue weighted by Crippen LogP contribution is -2.36. The first-order valence-corrected chi connectivity index (χ1v) is 6.38. The molecule has 0 amide bonds. The third-order valence-corrected chi connectivity index (χ3v) is 3.11. The highest BCUT2D eigenvalue weighted by Gasteiger charge is 2.16. The standard InChI is InChI=1S/C13H25N3/c1-5-7-11(3)13(14-6-2)8-12-9-15-16(4)10-12/h9-11,13-14H,5-8H2,1-4H3. The van der Waals surface area contributed by atoms with Gasteiger partial charge in [-0.05, 0) is 30.9 Å². The van der Waals surface area contributed by atoms with Crippen LogP contribution in [0.4, 0.5) is 0 Å². The van der Waals surface area contributed by atoms with E-state index in [0.717, 1.165) is 18.9 Å². The van der Waals surface area contributed by atoms with Crippen LogP contribution in [0, 0.1) is 5.92 Å². The van der Waals surface area contributed by atoms with Crippen LogP contribution in [0.15, 0.2) is 12.4 Å². The van der Waals surface area contributed by atoms with E-state index >= 15 is 0 Å². The average Bonchev–Trinajstić information content (AvgIpc) is 2.64. The van der Waals surface area contributed by atoms with Crippen molar-refractivity contribution in [3.05, 3.63) is 18.0 Å². The van der Waals surface area contributed by atoms with Crippen LogP contribution in [0.1, 0.15) is 39.2 Å². The van der Waals surface area contributed by atoms with E-state index in [-0.39, 0.29) is 0 Å². The zero-order valence-corrected chi connectivity index (χ0v) is 11.0. The van der Waals surface area contributed by atoms with Gasteiger partial charge in [-0.1, -0.05) is 27.2 Å². The smallest absolute Gasteiger partial charge is 0.0522 e. The minimum Gasteiger partial charge on any atom is -0.314 e. The van der Waals surface area contributed by atoms with Crippen molar-refractivity contribution in [2.45, 2.75) is 46.1 Å². The molecule has 1 aromatic heterocycles. The largest absolute Gasteiger partial charge is 0.314 e. The van der Waals surface area contributed by atoms with Gasteiger partial charge in [0.15, 0.2) is 0 Å². The van der Waals surface area contributed by atoms with Crippen LogP contribution < -0.4 is 5.32 Å². The Labute approximate surface area is 99.2 Å². The molecule has 2 atom stereocenters. The topological polar surface area (TPSA) is 29.9 Å². The number of nitrogens with zero attached hydrogens (tertiary/aromatic N) is 2. The number of rotatable bonds is 7. The minimum absolute atomic E-state index is 0.578. The SMILES string of the molecule is CCCC(C)C(Cc1cnn(C)c1)NCC. The molecule has 1 rings (SSSR count). The second-order valence-electron chi connectivity index (χ2n) is 4.66. The Hall–Kier alpha value is -0.830. The molecule has 1 heterocycles. The van der Waals surface area contributed by atoms with E-state index in [1.54, 1.807) is 0 Å². The van der Waals surface area contributed by atoms with E-state index in [1.165, 1.54) is 18.4 Å². The fourth-order valence-corrected chi connectivity index (χ4v) is 2.22. The molecule has 3 nitrogen and oxygen atoms in total. The van der Waals surface area contributed by atoms with Crippen LogP contribution in [0.3, 0.4) is 0 Å². The van der Waals surface area contributed by atoms with Gasteiger partial charge in [0, 0.05) is 19.3 Å². The Morgan fingerprint density at radius 2 is 2.19 bits per heavy atom. The fourth-order valence-electron chi connectivity index (χ4n) is 2.22. The highest BCUT2D eigenvalue weighted by Crippen LogP contribution is 2.15. The van der Waals surface area contributed by atoms with Crippen LogP contribution >= 0.6 is 0 Å². The molecule has 16 heavy (non-hydrogen) atoms. The first-order chi connectivity index (χ1) is 7.67. The molecule has 0 bridgehead atoms. The molecule has 92 valence electrons. The normalized spacial score (nSPS) is 15.0. The predicted molar refractivity (Wildman–Crippen MR) is 68.4 cm³/mol. The lowest BCUT2D eigenvalue weighted by Gasteiger charge is -2.24. The minimum atomic E-state index is 0.578. The number of hydrogen-bond acceptors (Lipinski definition) is 2. The molecule has 0 saturated carbocycles. The van der Waals surface area contributed by atoms with Crippen molar-refractivity contribution in [1.82, 2.24) is 15.1 Å². The van der Waals surface area contributed by atoms with Crippen molar-refractivity contribution in [3.8, 4) is 0 Å². The van der Waals surface area contributed by atoms with E-state index in [1.807, 2.05) is 17.9 Å². The van der Waals surface area contributed by atoms with Gasteiger partial charge in [-0.15, -0.1) is 0 Å².